The molecule has 1 aliphatic heterocycles. The molecular weight excluding hydrogens is 292 g/mol. The molecule has 7 nitrogen and oxygen atoms in total. The summed E-state index contributed by atoms with van der Waals surface area (Å²) in [7, 11) is 2.06. The molecule has 3 heterocycles. The molecular formula is C16H18N6O. The quantitative estimate of drug-likeness (QED) is 0.750. The highest BCUT2D eigenvalue weighted by molar-refractivity contribution is 5.97. The smallest absolute Gasteiger partial charge is 0.254 e. The summed E-state index contributed by atoms with van der Waals surface area (Å²) in [6, 6.07) is 5.68. The summed E-state index contributed by atoms with van der Waals surface area (Å²) >= 11 is 0. The summed E-state index contributed by atoms with van der Waals surface area (Å²) in [6.45, 7) is 2.17. The minimum Gasteiger partial charge on any atom is -0.347 e. The molecule has 1 fully saturated rings. The van der Waals surface area contributed by atoms with Crippen molar-refractivity contribution < 1.29 is 4.79 Å². The first-order valence-electron chi connectivity index (χ1n) is 7.64. The highest BCUT2D eigenvalue weighted by Gasteiger charge is 2.30. The topological polar surface area (TPSA) is 80.9 Å². The number of hydrogen-bond acceptors (Lipinski definition) is 4. The lowest BCUT2D eigenvalue weighted by molar-refractivity contribution is 0.0534. The van der Waals surface area contributed by atoms with Crippen LogP contribution in [0.2, 0.25) is 0 Å². The van der Waals surface area contributed by atoms with E-state index in [2.05, 4.69) is 31.9 Å². The van der Waals surface area contributed by atoms with Gasteiger partial charge in [-0.2, -0.15) is 0 Å². The zero-order valence-corrected chi connectivity index (χ0v) is 12.9. The number of benzene rings is 1. The molecule has 0 bridgehead atoms. The summed E-state index contributed by atoms with van der Waals surface area (Å²) in [5, 5.41) is 0. The van der Waals surface area contributed by atoms with Crippen molar-refractivity contribution in [3.8, 4) is 0 Å². The van der Waals surface area contributed by atoms with Crippen molar-refractivity contribution in [3.63, 3.8) is 0 Å². The minimum atomic E-state index is 0.0474. The molecule has 1 atom stereocenters. The van der Waals surface area contributed by atoms with E-state index in [1.54, 1.807) is 12.5 Å². The summed E-state index contributed by atoms with van der Waals surface area (Å²) in [5.74, 6) is 0.945. The van der Waals surface area contributed by atoms with Crippen LogP contribution in [0.5, 0.6) is 0 Å². The molecule has 7 heteroatoms. The van der Waals surface area contributed by atoms with E-state index >= 15 is 0 Å². The zero-order chi connectivity index (χ0) is 15.8. The molecule has 4 rings (SSSR count). The van der Waals surface area contributed by atoms with Crippen LogP contribution in [0, 0.1) is 0 Å². The van der Waals surface area contributed by atoms with Gasteiger partial charge in [0.05, 0.1) is 23.4 Å². The Bertz CT molecular complexity index is 824. The average Bonchev–Trinajstić information content (AvgIpc) is 3.25. The Morgan fingerprint density at radius 3 is 3.00 bits per heavy atom. The third-order valence-electron chi connectivity index (χ3n) is 4.44. The third kappa shape index (κ3) is 2.49. The lowest BCUT2D eigenvalue weighted by Crippen LogP contribution is -2.49. The van der Waals surface area contributed by atoms with E-state index in [9.17, 15) is 4.79 Å². The van der Waals surface area contributed by atoms with Crippen molar-refractivity contribution in [2.24, 2.45) is 0 Å². The molecule has 1 aromatic carbocycles. The lowest BCUT2D eigenvalue weighted by Gasteiger charge is -2.38. The van der Waals surface area contributed by atoms with Crippen molar-refractivity contribution in [2.75, 3.05) is 26.7 Å². The van der Waals surface area contributed by atoms with Gasteiger partial charge < -0.3 is 14.9 Å². The second-order valence-electron chi connectivity index (χ2n) is 5.86. The number of nitrogens with one attached hydrogen (secondary N) is 2. The maximum absolute atomic E-state index is 12.8. The van der Waals surface area contributed by atoms with Crippen molar-refractivity contribution in [1.82, 2.24) is 29.7 Å². The predicted molar refractivity (Wildman–Crippen MR) is 86.0 cm³/mol. The zero-order valence-electron chi connectivity index (χ0n) is 12.9. The van der Waals surface area contributed by atoms with Gasteiger partial charge in [0.15, 0.2) is 0 Å². The van der Waals surface area contributed by atoms with Gasteiger partial charge in [0.1, 0.15) is 5.82 Å². The number of hydrogen-bond donors (Lipinski definition) is 2. The molecule has 1 amide bonds. The van der Waals surface area contributed by atoms with E-state index in [-0.39, 0.29) is 11.9 Å². The highest BCUT2D eigenvalue weighted by atomic mass is 16.2. The van der Waals surface area contributed by atoms with E-state index in [0.29, 0.717) is 18.7 Å². The molecule has 2 aromatic heterocycles. The van der Waals surface area contributed by atoms with E-state index in [0.717, 1.165) is 23.4 Å². The fourth-order valence-corrected chi connectivity index (χ4v) is 3.06. The minimum absolute atomic E-state index is 0.0474. The van der Waals surface area contributed by atoms with Gasteiger partial charge in [-0.3, -0.25) is 9.69 Å². The molecule has 0 radical (unpaired) electrons. The molecule has 118 valence electrons. The van der Waals surface area contributed by atoms with Crippen molar-refractivity contribution >= 4 is 16.9 Å². The fraction of sp³-hybridized carbons (Fsp3) is 0.312. The first kappa shape index (κ1) is 14.0. The van der Waals surface area contributed by atoms with Crippen LogP contribution in [0.3, 0.4) is 0 Å². The summed E-state index contributed by atoms with van der Waals surface area (Å²) in [5.41, 5.74) is 2.44. The molecule has 1 unspecified atom stereocenters. The molecule has 23 heavy (non-hydrogen) atoms. The molecule has 0 saturated carbocycles. The number of amides is 1. The Labute approximate surface area is 133 Å². The van der Waals surface area contributed by atoms with Crippen LogP contribution in [0.1, 0.15) is 22.2 Å². The highest BCUT2D eigenvalue weighted by Crippen LogP contribution is 2.23. The first-order chi connectivity index (χ1) is 11.2. The maximum atomic E-state index is 12.8. The normalized spacial score (nSPS) is 19.3. The number of carbonyl (C=O) groups is 1. The number of imidazole rings is 2. The van der Waals surface area contributed by atoms with Crippen LogP contribution in [-0.4, -0.2) is 62.3 Å². The Kier molecular flexibility index (Phi) is 3.34. The largest absolute Gasteiger partial charge is 0.347 e. The second-order valence-corrected chi connectivity index (χ2v) is 5.86. The monoisotopic (exact) mass is 310 g/mol. The van der Waals surface area contributed by atoms with Crippen molar-refractivity contribution in [2.45, 2.75) is 6.04 Å². The van der Waals surface area contributed by atoms with Gasteiger partial charge in [-0.15, -0.1) is 0 Å². The van der Waals surface area contributed by atoms with Crippen LogP contribution in [0.25, 0.3) is 11.0 Å². The summed E-state index contributed by atoms with van der Waals surface area (Å²) in [4.78, 5) is 31.7. The van der Waals surface area contributed by atoms with Crippen LogP contribution in [0.15, 0.2) is 36.9 Å². The number of fused-ring (bicyclic) bond motifs is 1. The molecule has 1 saturated heterocycles. The number of rotatable bonds is 2. The number of carbonyl (C=O) groups excluding carboxylic acids is 1. The standard InChI is InChI=1S/C16H18N6O/c1-21-6-7-22(9-14(21)15-17-4-5-18-15)16(23)11-2-3-12-13(8-11)20-10-19-12/h2-5,8,10,14H,6-7,9H2,1H3,(H,17,18)(H,19,20). The van der Waals surface area contributed by atoms with Crippen LogP contribution < -0.4 is 0 Å². The second kappa shape index (κ2) is 5.51. The molecule has 3 aromatic rings. The van der Waals surface area contributed by atoms with Gasteiger partial charge in [0.25, 0.3) is 5.91 Å². The number of H-pyrrole nitrogens is 2. The van der Waals surface area contributed by atoms with Crippen LogP contribution >= 0.6 is 0 Å². The third-order valence-corrected chi connectivity index (χ3v) is 4.44. The SMILES string of the molecule is CN1CCN(C(=O)c2ccc3nc[nH]c3c2)CC1c1ncc[nH]1. The number of piperazine rings is 1. The predicted octanol–water partition coefficient (Wildman–Crippen LogP) is 1.41. The van der Waals surface area contributed by atoms with Gasteiger partial charge in [0, 0.05) is 37.6 Å². The Morgan fingerprint density at radius 1 is 1.26 bits per heavy atom. The maximum Gasteiger partial charge on any atom is 0.254 e. The number of nitrogens with zero attached hydrogens (tertiary/aromatic N) is 4. The number of likely N-dealkylation sites (N-methyl/N-ethyl adjacent to an activating group) is 1. The number of aromatic nitrogens is 4. The summed E-state index contributed by atoms with van der Waals surface area (Å²) < 4.78 is 0. The molecule has 0 spiro atoms. The van der Waals surface area contributed by atoms with E-state index in [1.165, 1.54) is 0 Å². The fourth-order valence-electron chi connectivity index (χ4n) is 3.06. The Hall–Kier alpha value is -2.67. The van der Waals surface area contributed by atoms with E-state index < -0.39 is 0 Å². The van der Waals surface area contributed by atoms with Gasteiger partial charge >= 0.3 is 0 Å². The van der Waals surface area contributed by atoms with Crippen molar-refractivity contribution in [3.05, 3.63) is 48.3 Å². The van der Waals surface area contributed by atoms with E-state index in [1.807, 2.05) is 29.3 Å². The van der Waals surface area contributed by atoms with Crippen LogP contribution in [-0.2, 0) is 0 Å². The van der Waals surface area contributed by atoms with Gasteiger partial charge in [-0.05, 0) is 25.2 Å². The number of aromatic amines is 2. The van der Waals surface area contributed by atoms with Gasteiger partial charge in [-0.1, -0.05) is 0 Å². The van der Waals surface area contributed by atoms with Gasteiger partial charge in [-0.25, -0.2) is 9.97 Å². The van der Waals surface area contributed by atoms with E-state index in [4.69, 9.17) is 0 Å². The van der Waals surface area contributed by atoms with Gasteiger partial charge in [0.2, 0.25) is 0 Å². The average molecular weight is 310 g/mol. The molecule has 0 aliphatic carbocycles. The van der Waals surface area contributed by atoms with Crippen molar-refractivity contribution in [1.29, 1.82) is 0 Å². The lowest BCUT2D eigenvalue weighted by atomic mass is 10.1. The molecule has 2 N–H and O–H groups in total. The summed E-state index contributed by atoms with van der Waals surface area (Å²) in [6.07, 6.45) is 5.20. The Balaban J connectivity index is 1.58. The Morgan fingerprint density at radius 2 is 2.17 bits per heavy atom. The van der Waals surface area contributed by atoms with Crippen LogP contribution in [0.4, 0.5) is 0 Å². The first-order valence-corrected chi connectivity index (χ1v) is 7.64. The molecule has 1 aliphatic rings.